The molecule has 2 aliphatic heterocycles. The van der Waals surface area contributed by atoms with Crippen LogP contribution in [0, 0.1) is 5.92 Å². The number of rotatable bonds is 3. The highest BCUT2D eigenvalue weighted by Gasteiger charge is 2.51. The number of esters is 1. The first-order chi connectivity index (χ1) is 12.4. The van der Waals surface area contributed by atoms with Crippen LogP contribution in [0.2, 0.25) is 0 Å². The van der Waals surface area contributed by atoms with Gasteiger partial charge in [-0.3, -0.25) is 4.79 Å². The van der Waals surface area contributed by atoms with Crippen LogP contribution in [0.1, 0.15) is 54.9 Å². The summed E-state index contributed by atoms with van der Waals surface area (Å²) in [4.78, 5) is 14.5. The van der Waals surface area contributed by atoms with Gasteiger partial charge in [0.1, 0.15) is 5.60 Å². The van der Waals surface area contributed by atoms with Gasteiger partial charge in [0.2, 0.25) is 0 Å². The number of carbonyl (C=O) groups is 1. The molecule has 2 heterocycles. The first-order valence-electron chi connectivity index (χ1n) is 9.81. The highest BCUT2D eigenvalue weighted by Crippen LogP contribution is 2.36. The summed E-state index contributed by atoms with van der Waals surface area (Å²) in [6.07, 6.45) is 0.827. The predicted octanol–water partition coefficient (Wildman–Crippen LogP) is 3.15. The summed E-state index contributed by atoms with van der Waals surface area (Å²) < 4.78 is 17.8. The van der Waals surface area contributed by atoms with Crippen molar-refractivity contribution < 1.29 is 18.8 Å². The minimum absolute atomic E-state index is 0.0630. The van der Waals surface area contributed by atoms with Gasteiger partial charge in [-0.1, -0.05) is 12.1 Å². The van der Waals surface area contributed by atoms with Gasteiger partial charge in [-0.25, -0.2) is 0 Å². The van der Waals surface area contributed by atoms with Crippen molar-refractivity contribution in [3.05, 3.63) is 24.3 Å². The number of anilines is 1. The van der Waals surface area contributed by atoms with Crippen LogP contribution in [0.5, 0.6) is 0 Å². The van der Waals surface area contributed by atoms with Gasteiger partial charge >= 0.3 is 13.1 Å². The van der Waals surface area contributed by atoms with E-state index in [-0.39, 0.29) is 30.2 Å². The maximum Gasteiger partial charge on any atom is 0.494 e. The lowest BCUT2D eigenvalue weighted by atomic mass is 9.79. The van der Waals surface area contributed by atoms with E-state index in [0.29, 0.717) is 6.54 Å². The minimum Gasteiger partial charge on any atom is -0.460 e. The van der Waals surface area contributed by atoms with Gasteiger partial charge in [-0.15, -0.1) is 0 Å². The lowest BCUT2D eigenvalue weighted by Crippen LogP contribution is -2.41. The van der Waals surface area contributed by atoms with Gasteiger partial charge < -0.3 is 18.9 Å². The van der Waals surface area contributed by atoms with Crippen LogP contribution in [0.15, 0.2) is 24.3 Å². The monoisotopic (exact) mass is 373 g/mol. The van der Waals surface area contributed by atoms with Crippen LogP contribution >= 0.6 is 0 Å². The van der Waals surface area contributed by atoms with Gasteiger partial charge in [-0.05, 0) is 72.5 Å². The van der Waals surface area contributed by atoms with Gasteiger partial charge in [-0.2, -0.15) is 0 Å². The summed E-state index contributed by atoms with van der Waals surface area (Å²) in [5.74, 6) is -0.161. The number of hydrogen-bond acceptors (Lipinski definition) is 5. The standard InChI is InChI=1S/C21H32BNO4/c1-19(2,3)25-18(24)15-12-13-23(14-15)17-10-8-16(9-11-17)22-26-20(4,5)21(6,7)27-22/h8-11,15H,12-14H2,1-7H3. The van der Waals surface area contributed by atoms with E-state index in [1.807, 2.05) is 20.8 Å². The molecule has 2 fully saturated rings. The fourth-order valence-electron chi connectivity index (χ4n) is 3.39. The topological polar surface area (TPSA) is 48.0 Å². The van der Waals surface area contributed by atoms with E-state index in [9.17, 15) is 4.79 Å². The van der Waals surface area contributed by atoms with Crippen molar-refractivity contribution in [1.82, 2.24) is 0 Å². The summed E-state index contributed by atoms with van der Waals surface area (Å²) in [6.45, 7) is 15.5. The molecular weight excluding hydrogens is 341 g/mol. The van der Waals surface area contributed by atoms with Gasteiger partial charge in [0.25, 0.3) is 0 Å². The van der Waals surface area contributed by atoms with Crippen LogP contribution in [0.25, 0.3) is 0 Å². The lowest BCUT2D eigenvalue weighted by molar-refractivity contribution is -0.159. The van der Waals surface area contributed by atoms with Crippen molar-refractivity contribution in [2.24, 2.45) is 5.92 Å². The average molecular weight is 373 g/mol. The summed E-state index contributed by atoms with van der Waals surface area (Å²) >= 11 is 0. The van der Waals surface area contributed by atoms with E-state index in [0.717, 1.165) is 24.1 Å². The molecule has 0 aliphatic carbocycles. The zero-order valence-electron chi connectivity index (χ0n) is 17.7. The second-order valence-electron chi connectivity index (χ2n) is 9.64. The third-order valence-electron chi connectivity index (χ3n) is 5.71. The Morgan fingerprint density at radius 2 is 1.67 bits per heavy atom. The van der Waals surface area contributed by atoms with Crippen LogP contribution < -0.4 is 10.4 Å². The van der Waals surface area contributed by atoms with Crippen LogP contribution in [-0.4, -0.2) is 43.0 Å². The molecule has 1 aromatic carbocycles. The van der Waals surface area contributed by atoms with Gasteiger partial charge in [0.15, 0.2) is 0 Å². The van der Waals surface area contributed by atoms with E-state index in [2.05, 4.69) is 56.9 Å². The zero-order chi connectivity index (χ0) is 20.0. The third-order valence-corrected chi connectivity index (χ3v) is 5.71. The molecule has 0 bridgehead atoms. The first-order valence-corrected chi connectivity index (χ1v) is 9.81. The molecule has 0 saturated carbocycles. The Hall–Kier alpha value is -1.53. The largest absolute Gasteiger partial charge is 0.494 e. The number of benzene rings is 1. The fraction of sp³-hybridized carbons (Fsp3) is 0.667. The lowest BCUT2D eigenvalue weighted by Gasteiger charge is -2.32. The molecule has 2 saturated heterocycles. The summed E-state index contributed by atoms with van der Waals surface area (Å²) in [7, 11) is -0.350. The molecule has 0 spiro atoms. The Morgan fingerprint density at radius 1 is 1.11 bits per heavy atom. The van der Waals surface area contributed by atoms with Gasteiger partial charge in [0.05, 0.1) is 17.1 Å². The molecule has 5 nitrogen and oxygen atoms in total. The maximum absolute atomic E-state index is 12.3. The molecule has 0 aromatic heterocycles. The van der Waals surface area contributed by atoms with E-state index in [4.69, 9.17) is 14.0 Å². The molecule has 148 valence electrons. The first kappa shape index (κ1) is 20.2. The van der Waals surface area contributed by atoms with Crippen LogP contribution in [-0.2, 0) is 18.8 Å². The molecule has 0 radical (unpaired) electrons. The molecule has 27 heavy (non-hydrogen) atoms. The second kappa shape index (κ2) is 6.82. The molecule has 1 atom stereocenters. The Kier molecular flexibility index (Phi) is 5.11. The molecular formula is C21H32BNO4. The van der Waals surface area contributed by atoms with E-state index in [1.165, 1.54) is 0 Å². The van der Waals surface area contributed by atoms with E-state index >= 15 is 0 Å². The number of carbonyl (C=O) groups excluding carboxylic acids is 1. The van der Waals surface area contributed by atoms with E-state index < -0.39 is 5.60 Å². The quantitative estimate of drug-likeness (QED) is 0.602. The second-order valence-corrected chi connectivity index (χ2v) is 9.64. The van der Waals surface area contributed by atoms with Crippen molar-refractivity contribution in [2.75, 3.05) is 18.0 Å². The minimum atomic E-state index is -0.436. The smallest absolute Gasteiger partial charge is 0.460 e. The van der Waals surface area contributed by atoms with Crippen molar-refractivity contribution in [3.63, 3.8) is 0 Å². The molecule has 0 N–H and O–H groups in total. The van der Waals surface area contributed by atoms with Crippen molar-refractivity contribution in [2.45, 2.75) is 71.7 Å². The summed E-state index contributed by atoms with van der Waals surface area (Å²) in [5.41, 5.74) is 1.01. The summed E-state index contributed by atoms with van der Waals surface area (Å²) in [5, 5.41) is 0. The van der Waals surface area contributed by atoms with E-state index in [1.54, 1.807) is 0 Å². The molecule has 2 aliphatic rings. The predicted molar refractivity (Wildman–Crippen MR) is 108 cm³/mol. The fourth-order valence-corrected chi connectivity index (χ4v) is 3.39. The average Bonchev–Trinajstić information content (AvgIpc) is 3.09. The maximum atomic E-state index is 12.3. The number of hydrogen-bond donors (Lipinski definition) is 0. The van der Waals surface area contributed by atoms with Crippen LogP contribution in [0.4, 0.5) is 5.69 Å². The SMILES string of the molecule is CC(C)(C)OC(=O)C1CCN(c2ccc(B3OC(C)(C)C(C)(C)O3)cc2)C1. The van der Waals surface area contributed by atoms with Crippen molar-refractivity contribution in [3.8, 4) is 0 Å². The third kappa shape index (κ3) is 4.32. The zero-order valence-corrected chi connectivity index (χ0v) is 17.7. The van der Waals surface area contributed by atoms with Crippen molar-refractivity contribution >= 4 is 24.2 Å². The Morgan fingerprint density at radius 3 is 2.19 bits per heavy atom. The molecule has 3 rings (SSSR count). The number of ether oxygens (including phenoxy) is 1. The molecule has 0 amide bonds. The van der Waals surface area contributed by atoms with Crippen molar-refractivity contribution in [1.29, 1.82) is 0 Å². The Balaban J connectivity index is 1.63. The molecule has 6 heteroatoms. The molecule has 1 aromatic rings. The number of nitrogens with zero attached hydrogens (tertiary/aromatic N) is 1. The molecule has 1 unspecified atom stereocenters. The van der Waals surface area contributed by atoms with Crippen LogP contribution in [0.3, 0.4) is 0 Å². The highest BCUT2D eigenvalue weighted by atomic mass is 16.7. The summed E-state index contributed by atoms with van der Waals surface area (Å²) in [6, 6.07) is 8.27. The Bertz CT molecular complexity index is 677. The normalized spacial score (nSPS) is 24.3. The Labute approximate surface area is 163 Å². The van der Waals surface area contributed by atoms with Gasteiger partial charge in [0, 0.05) is 18.8 Å². The highest BCUT2D eigenvalue weighted by molar-refractivity contribution is 6.62.